The highest BCUT2D eigenvalue weighted by molar-refractivity contribution is 7.92. The van der Waals surface area contributed by atoms with Crippen molar-refractivity contribution in [1.29, 1.82) is 0 Å². The van der Waals surface area contributed by atoms with Crippen molar-refractivity contribution in [3.8, 4) is 0 Å². The second kappa shape index (κ2) is 7.59. The van der Waals surface area contributed by atoms with Crippen LogP contribution in [0.4, 0.5) is 14.5 Å². The predicted octanol–water partition coefficient (Wildman–Crippen LogP) is 3.60. The SMILES string of the molecule is CCCS(=O)(=O)Nc1cc(F)c(F)c(C(=O)c2ccc3ncc(C)nc3c2)c1. The topological polar surface area (TPSA) is 89.0 Å². The van der Waals surface area contributed by atoms with E-state index in [4.69, 9.17) is 0 Å². The van der Waals surface area contributed by atoms with Crippen LogP contribution in [0.2, 0.25) is 0 Å². The Hall–Kier alpha value is -2.94. The van der Waals surface area contributed by atoms with E-state index >= 15 is 0 Å². The van der Waals surface area contributed by atoms with Crippen LogP contribution in [-0.2, 0) is 10.0 Å². The summed E-state index contributed by atoms with van der Waals surface area (Å²) in [5, 5.41) is 0. The van der Waals surface area contributed by atoms with Crippen molar-refractivity contribution in [2.45, 2.75) is 20.3 Å². The average Bonchev–Trinajstić information content (AvgIpc) is 2.63. The Morgan fingerprint density at radius 2 is 1.89 bits per heavy atom. The molecule has 1 N–H and O–H groups in total. The van der Waals surface area contributed by atoms with Crippen molar-refractivity contribution in [3.05, 3.63) is 65.0 Å². The van der Waals surface area contributed by atoms with Crippen molar-refractivity contribution < 1.29 is 22.0 Å². The third-order valence-corrected chi connectivity index (χ3v) is 5.44. The molecule has 2 aromatic carbocycles. The number of benzene rings is 2. The maximum atomic E-state index is 14.3. The summed E-state index contributed by atoms with van der Waals surface area (Å²) in [6, 6.07) is 6.11. The normalized spacial score (nSPS) is 11.6. The summed E-state index contributed by atoms with van der Waals surface area (Å²) in [6.45, 7) is 3.41. The van der Waals surface area contributed by atoms with Crippen LogP contribution in [0.1, 0.15) is 35.0 Å². The van der Waals surface area contributed by atoms with Gasteiger partial charge in [0, 0.05) is 17.8 Å². The quantitative estimate of drug-likeness (QED) is 0.633. The van der Waals surface area contributed by atoms with Crippen molar-refractivity contribution in [2.24, 2.45) is 0 Å². The molecule has 1 heterocycles. The van der Waals surface area contributed by atoms with Crippen molar-refractivity contribution in [2.75, 3.05) is 10.5 Å². The number of aromatic nitrogens is 2. The van der Waals surface area contributed by atoms with Gasteiger partial charge >= 0.3 is 0 Å². The fourth-order valence-electron chi connectivity index (χ4n) is 2.71. The number of nitrogens with one attached hydrogen (secondary N) is 1. The molecule has 0 saturated heterocycles. The Morgan fingerprint density at radius 1 is 1.14 bits per heavy atom. The van der Waals surface area contributed by atoms with E-state index in [0.717, 1.165) is 6.07 Å². The van der Waals surface area contributed by atoms with Gasteiger partial charge in [-0.25, -0.2) is 22.2 Å². The molecule has 0 spiro atoms. The molecule has 0 aliphatic carbocycles. The summed E-state index contributed by atoms with van der Waals surface area (Å²) in [6.07, 6.45) is 1.92. The second-order valence-electron chi connectivity index (χ2n) is 6.28. The number of aryl methyl sites for hydroxylation is 1. The molecule has 0 bridgehead atoms. The van der Waals surface area contributed by atoms with Crippen LogP contribution >= 0.6 is 0 Å². The average molecular weight is 405 g/mol. The molecule has 0 amide bonds. The van der Waals surface area contributed by atoms with Crippen LogP contribution < -0.4 is 4.72 Å². The maximum Gasteiger partial charge on any atom is 0.232 e. The molecule has 1 aromatic heterocycles. The van der Waals surface area contributed by atoms with Crippen LogP contribution in [0.25, 0.3) is 11.0 Å². The molecule has 28 heavy (non-hydrogen) atoms. The first-order valence-electron chi connectivity index (χ1n) is 8.48. The highest BCUT2D eigenvalue weighted by Gasteiger charge is 2.21. The van der Waals surface area contributed by atoms with Gasteiger partial charge in [-0.2, -0.15) is 0 Å². The first kappa shape index (κ1) is 19.8. The van der Waals surface area contributed by atoms with Crippen molar-refractivity contribution in [1.82, 2.24) is 9.97 Å². The van der Waals surface area contributed by atoms with Gasteiger partial charge in [0.1, 0.15) is 0 Å². The molecule has 6 nitrogen and oxygen atoms in total. The first-order valence-corrected chi connectivity index (χ1v) is 10.1. The van der Waals surface area contributed by atoms with E-state index in [-0.39, 0.29) is 17.0 Å². The van der Waals surface area contributed by atoms with Crippen LogP contribution in [0.5, 0.6) is 0 Å². The van der Waals surface area contributed by atoms with E-state index in [1.807, 2.05) is 0 Å². The first-order chi connectivity index (χ1) is 13.2. The van der Waals surface area contributed by atoms with E-state index in [0.29, 0.717) is 29.2 Å². The van der Waals surface area contributed by atoms with Gasteiger partial charge in [-0.15, -0.1) is 0 Å². The Kier molecular flexibility index (Phi) is 5.37. The minimum Gasteiger partial charge on any atom is -0.288 e. The Bertz CT molecular complexity index is 1180. The minimum atomic E-state index is -3.72. The van der Waals surface area contributed by atoms with Gasteiger partial charge in [-0.3, -0.25) is 14.5 Å². The van der Waals surface area contributed by atoms with E-state index < -0.39 is 33.0 Å². The number of rotatable bonds is 6. The van der Waals surface area contributed by atoms with E-state index in [1.54, 1.807) is 26.1 Å². The number of sulfonamides is 1. The zero-order valence-corrected chi connectivity index (χ0v) is 16.0. The number of carbonyl (C=O) groups is 1. The van der Waals surface area contributed by atoms with Crippen LogP contribution in [0, 0.1) is 18.6 Å². The van der Waals surface area contributed by atoms with E-state index in [1.165, 1.54) is 12.1 Å². The number of fused-ring (bicyclic) bond motifs is 1. The molecule has 146 valence electrons. The maximum absolute atomic E-state index is 14.3. The Labute approximate surface area is 160 Å². The number of anilines is 1. The molecule has 0 aliphatic heterocycles. The number of hydrogen-bond donors (Lipinski definition) is 1. The fraction of sp³-hybridized carbons (Fsp3) is 0.211. The van der Waals surface area contributed by atoms with Crippen molar-refractivity contribution >= 4 is 32.5 Å². The lowest BCUT2D eigenvalue weighted by molar-refractivity contribution is 0.103. The van der Waals surface area contributed by atoms with Crippen LogP contribution in [0.3, 0.4) is 0 Å². The number of hydrogen-bond acceptors (Lipinski definition) is 5. The monoisotopic (exact) mass is 405 g/mol. The number of halogens is 2. The number of nitrogens with zero attached hydrogens (tertiary/aromatic N) is 2. The number of ketones is 1. The summed E-state index contributed by atoms with van der Waals surface area (Å²) in [4.78, 5) is 21.2. The standard InChI is InChI=1S/C19H17F2N3O3S/c1-3-6-28(26,27)24-13-8-14(18(21)15(20)9-13)19(25)12-4-5-16-17(7-12)23-11(2)10-22-16/h4-5,7-10,24H,3,6H2,1-2H3. The van der Waals surface area contributed by atoms with E-state index in [2.05, 4.69) is 14.7 Å². The minimum absolute atomic E-state index is 0.0827. The van der Waals surface area contributed by atoms with Gasteiger partial charge in [0.15, 0.2) is 17.4 Å². The zero-order chi connectivity index (χ0) is 20.5. The summed E-state index contributed by atoms with van der Waals surface area (Å²) in [5.41, 5.74) is 0.920. The van der Waals surface area contributed by atoms with Gasteiger partial charge in [-0.05, 0) is 37.6 Å². The highest BCUT2D eigenvalue weighted by Crippen LogP contribution is 2.24. The highest BCUT2D eigenvalue weighted by atomic mass is 32.2. The van der Waals surface area contributed by atoms with Crippen LogP contribution in [-0.4, -0.2) is 29.9 Å². The molecular weight excluding hydrogens is 388 g/mol. The lowest BCUT2D eigenvalue weighted by atomic mass is 10.0. The molecular formula is C19H17F2N3O3S. The zero-order valence-electron chi connectivity index (χ0n) is 15.2. The summed E-state index contributed by atoms with van der Waals surface area (Å²) < 4.78 is 54.2. The third kappa shape index (κ3) is 4.14. The molecule has 0 saturated carbocycles. The van der Waals surface area contributed by atoms with Gasteiger partial charge in [0.2, 0.25) is 10.0 Å². The van der Waals surface area contributed by atoms with Gasteiger partial charge in [0.05, 0.1) is 33.7 Å². The number of carbonyl (C=O) groups excluding carboxylic acids is 1. The van der Waals surface area contributed by atoms with Gasteiger partial charge in [0.25, 0.3) is 0 Å². The lowest BCUT2D eigenvalue weighted by Gasteiger charge is -2.10. The second-order valence-corrected chi connectivity index (χ2v) is 8.13. The predicted molar refractivity (Wildman–Crippen MR) is 102 cm³/mol. The molecule has 0 radical (unpaired) electrons. The van der Waals surface area contributed by atoms with Gasteiger partial charge in [-0.1, -0.05) is 6.92 Å². The van der Waals surface area contributed by atoms with Gasteiger partial charge < -0.3 is 0 Å². The van der Waals surface area contributed by atoms with Crippen LogP contribution in [0.15, 0.2) is 36.5 Å². The molecule has 0 fully saturated rings. The molecule has 0 unspecified atom stereocenters. The summed E-state index contributed by atoms with van der Waals surface area (Å²) in [7, 11) is -3.72. The molecule has 3 aromatic rings. The molecule has 0 atom stereocenters. The molecule has 3 rings (SSSR count). The fourth-order valence-corrected chi connectivity index (χ4v) is 3.83. The summed E-state index contributed by atoms with van der Waals surface area (Å²) >= 11 is 0. The molecule has 9 heteroatoms. The molecule has 0 aliphatic rings. The largest absolute Gasteiger partial charge is 0.288 e. The Morgan fingerprint density at radius 3 is 2.61 bits per heavy atom. The lowest BCUT2D eigenvalue weighted by Crippen LogP contribution is -2.17. The third-order valence-electron chi connectivity index (χ3n) is 3.94. The smallest absolute Gasteiger partial charge is 0.232 e. The Balaban J connectivity index is 2.03. The van der Waals surface area contributed by atoms with Crippen molar-refractivity contribution in [3.63, 3.8) is 0 Å². The summed E-state index contributed by atoms with van der Waals surface area (Å²) in [5.74, 6) is -3.65. The van der Waals surface area contributed by atoms with E-state index in [9.17, 15) is 22.0 Å².